The number of benzene rings is 6. The van der Waals surface area contributed by atoms with E-state index in [0.29, 0.717) is 34.7 Å². The second-order valence-electron chi connectivity index (χ2n) is 26.0. The predicted octanol–water partition coefficient (Wildman–Crippen LogP) is 16.2. The molecule has 4 aliphatic rings. The number of esters is 1. The molecule has 107 heavy (non-hydrogen) atoms. The SMILES string of the molecule is C1=[N+](OC2CCCCC2)c2ccccc2C1.C=CO[n+]1cc(Cl)cc(Cl)c1.CCCO[n+]1cccc(-c2ccccc2)c1.CCOC(=O)c1n(OC)c2ccccc2[n+]1C.CO[n+]1csc2ccccc21.Clc1cc[n+](OC2CCCCC2)cc1.c1ccc2c(c1)ccc1c2ccc[n+]1OCC1CCCCC1. The summed E-state index contributed by atoms with van der Waals surface area (Å²) in [7, 11) is 5.00. The summed E-state index contributed by atoms with van der Waals surface area (Å²) >= 11 is 18.8. The molecule has 12 aromatic rings. The van der Waals surface area contributed by atoms with E-state index in [2.05, 4.69) is 117 Å². The van der Waals surface area contributed by atoms with Crippen LogP contribution < -0.4 is 57.2 Å². The lowest BCUT2D eigenvalue weighted by Crippen LogP contribution is -2.47. The molecule has 6 aromatic carbocycles. The number of para-hydroxylation sites is 4. The van der Waals surface area contributed by atoms with Crippen molar-refractivity contribution in [3.05, 3.63) is 270 Å². The van der Waals surface area contributed by atoms with Gasteiger partial charge in [0.15, 0.2) is 37.2 Å². The fourth-order valence-electron chi connectivity index (χ4n) is 13.1. The van der Waals surface area contributed by atoms with E-state index in [-0.39, 0.29) is 0 Å². The Balaban J connectivity index is 0.000000135. The Bertz CT molecular complexity index is 4760. The molecule has 21 heteroatoms. The number of aromatic nitrogens is 7. The first kappa shape index (κ1) is 79.7. The van der Waals surface area contributed by atoms with Gasteiger partial charge in [-0.05, 0) is 147 Å². The number of pyridine rings is 4. The number of nitrogens with zero attached hydrogens (tertiary/aromatic N) is 8. The Morgan fingerprint density at radius 3 is 1.90 bits per heavy atom. The molecule has 0 atom stereocenters. The molecule has 7 heterocycles. The third kappa shape index (κ3) is 23.6. The second kappa shape index (κ2) is 42.5. The van der Waals surface area contributed by atoms with Gasteiger partial charge in [0.2, 0.25) is 55.1 Å². The number of imidazole rings is 1. The number of carbonyl (C=O) groups excluding carboxylic acids is 1. The molecule has 17 nitrogen and oxygen atoms in total. The van der Waals surface area contributed by atoms with E-state index in [0.717, 1.165) is 59.1 Å². The van der Waals surface area contributed by atoms with Crippen LogP contribution in [-0.2, 0) is 23.0 Å². The molecule has 0 N–H and O–H groups in total. The van der Waals surface area contributed by atoms with Crippen LogP contribution in [0, 0.1) is 5.92 Å². The summed E-state index contributed by atoms with van der Waals surface area (Å²) in [6, 6.07) is 61.1. The Morgan fingerprint density at radius 1 is 0.570 bits per heavy atom. The number of fused-ring (bicyclic) bond motifs is 6. The number of carbonyl (C=O) groups is 1. The molecule has 3 saturated carbocycles. The van der Waals surface area contributed by atoms with E-state index in [1.54, 1.807) is 62.6 Å². The Labute approximate surface area is 647 Å². The van der Waals surface area contributed by atoms with Gasteiger partial charge >= 0.3 is 11.8 Å². The molecular weight excluding hydrogens is 1430 g/mol. The van der Waals surface area contributed by atoms with Crippen LogP contribution in [-0.4, -0.2) is 67.9 Å². The van der Waals surface area contributed by atoms with Crippen LogP contribution in [0.2, 0.25) is 15.1 Å². The van der Waals surface area contributed by atoms with Gasteiger partial charge in [0.1, 0.15) is 29.0 Å². The average Bonchev–Trinajstić information content (AvgIpc) is 1.76. The monoisotopic (exact) mass is 1530 g/mol. The Morgan fingerprint density at radius 2 is 1.20 bits per heavy atom. The van der Waals surface area contributed by atoms with Crippen molar-refractivity contribution in [2.45, 2.75) is 135 Å². The fraction of sp³-hybridized carbons (Fsp3) is 0.326. The van der Waals surface area contributed by atoms with Crippen molar-refractivity contribution in [1.82, 2.24) is 4.73 Å². The maximum Gasteiger partial charge on any atom is 0.425 e. The summed E-state index contributed by atoms with van der Waals surface area (Å²) in [6.07, 6.45) is 38.6. The summed E-state index contributed by atoms with van der Waals surface area (Å²) in [6.45, 7) is 9.17. The number of ether oxygens (including phenoxy) is 1. The highest BCUT2D eigenvalue weighted by Gasteiger charge is 2.32. The smallest absolute Gasteiger partial charge is 0.425 e. The third-order valence-corrected chi connectivity index (χ3v) is 20.0. The Kier molecular flexibility index (Phi) is 31.6. The first-order valence-electron chi connectivity index (χ1n) is 37.1. The first-order valence-corrected chi connectivity index (χ1v) is 39.1. The van der Waals surface area contributed by atoms with E-state index in [1.807, 2.05) is 132 Å². The molecule has 0 radical (unpaired) electrons. The molecule has 0 spiro atoms. The minimum Gasteiger partial charge on any atom is -0.457 e. The van der Waals surface area contributed by atoms with Crippen molar-refractivity contribution < 1.29 is 76.4 Å². The van der Waals surface area contributed by atoms with Gasteiger partial charge in [0, 0.05) is 76.4 Å². The van der Waals surface area contributed by atoms with Crippen LogP contribution in [0.25, 0.3) is 54.1 Å². The summed E-state index contributed by atoms with van der Waals surface area (Å²) in [5, 5.41) is 5.59. The zero-order valence-corrected chi connectivity index (χ0v) is 65.1. The number of aryl methyl sites for hydroxylation is 1. The fourth-order valence-corrected chi connectivity index (χ4v) is 14.6. The van der Waals surface area contributed by atoms with E-state index < -0.39 is 5.97 Å². The van der Waals surface area contributed by atoms with E-state index in [9.17, 15) is 4.79 Å². The summed E-state index contributed by atoms with van der Waals surface area (Å²) < 4.78 is 20.1. The lowest BCUT2D eigenvalue weighted by atomic mass is 9.90. The normalized spacial score (nSPS) is 13.9. The van der Waals surface area contributed by atoms with Crippen molar-refractivity contribution in [2.75, 3.05) is 34.0 Å². The quantitative estimate of drug-likeness (QED) is 0.0379. The van der Waals surface area contributed by atoms with Gasteiger partial charge in [-0.3, -0.25) is 24.2 Å². The zero-order valence-electron chi connectivity index (χ0n) is 62.0. The van der Waals surface area contributed by atoms with Crippen LogP contribution in [0.4, 0.5) is 5.69 Å². The van der Waals surface area contributed by atoms with E-state index in [4.69, 9.17) is 73.4 Å². The first-order chi connectivity index (χ1) is 52.4. The van der Waals surface area contributed by atoms with Crippen molar-refractivity contribution >= 4 is 107 Å². The molecule has 558 valence electrons. The van der Waals surface area contributed by atoms with Crippen LogP contribution in [0.3, 0.4) is 0 Å². The molecule has 1 aliphatic heterocycles. The number of hydrogen-bond acceptors (Lipinski definition) is 10. The van der Waals surface area contributed by atoms with Crippen LogP contribution >= 0.6 is 46.1 Å². The third-order valence-electron chi connectivity index (χ3n) is 18.4. The van der Waals surface area contributed by atoms with Crippen molar-refractivity contribution in [3.63, 3.8) is 0 Å². The van der Waals surface area contributed by atoms with Crippen LogP contribution in [0.1, 0.15) is 133 Å². The highest BCUT2D eigenvalue weighted by atomic mass is 35.5. The largest absolute Gasteiger partial charge is 0.457 e. The lowest BCUT2D eigenvalue weighted by Gasteiger charge is -2.19. The average molecular weight is 1530 g/mol. The highest BCUT2D eigenvalue weighted by molar-refractivity contribution is 7.16. The van der Waals surface area contributed by atoms with Crippen molar-refractivity contribution in [2.24, 2.45) is 13.0 Å². The van der Waals surface area contributed by atoms with Crippen LogP contribution in [0.15, 0.2) is 244 Å². The minimum atomic E-state index is -0.395. The molecule has 0 bridgehead atoms. The Hall–Kier alpha value is -9.85. The maximum absolute atomic E-state index is 11.9. The van der Waals surface area contributed by atoms with Crippen LogP contribution in [0.5, 0.6) is 0 Å². The topological polar surface area (TPSA) is 122 Å². The maximum atomic E-state index is 11.9. The number of thiazole rings is 1. The van der Waals surface area contributed by atoms with Crippen molar-refractivity contribution in [3.8, 4) is 11.1 Å². The molecule has 16 rings (SSSR count). The molecule has 0 amide bonds. The molecular formula is C86H100Cl3N8O9S+7. The van der Waals surface area contributed by atoms with Gasteiger partial charge in [-0.2, -0.15) is 0 Å². The van der Waals surface area contributed by atoms with Gasteiger partial charge in [-0.1, -0.05) is 189 Å². The minimum absolute atomic E-state index is 0.337. The number of rotatable bonds is 17. The zero-order chi connectivity index (χ0) is 75.0. The highest BCUT2D eigenvalue weighted by Crippen LogP contribution is 2.29. The molecule has 0 unspecified atom stereocenters. The predicted molar refractivity (Wildman–Crippen MR) is 422 cm³/mol. The molecule has 3 fully saturated rings. The van der Waals surface area contributed by atoms with Gasteiger partial charge in [0.05, 0.1) is 36.0 Å². The number of hydrogen-bond donors (Lipinski definition) is 0. The second-order valence-corrected chi connectivity index (χ2v) is 28.2. The van der Waals surface area contributed by atoms with Gasteiger partial charge in [-0.25, -0.2) is 14.2 Å². The van der Waals surface area contributed by atoms with Crippen molar-refractivity contribution in [1.29, 1.82) is 0 Å². The van der Waals surface area contributed by atoms with Gasteiger partial charge in [0.25, 0.3) is 22.2 Å². The lowest BCUT2D eigenvalue weighted by molar-refractivity contribution is -0.899. The van der Waals surface area contributed by atoms with Gasteiger partial charge < -0.3 is 9.57 Å². The number of halogens is 3. The summed E-state index contributed by atoms with van der Waals surface area (Å²) in [5.74, 6) is 0.695. The summed E-state index contributed by atoms with van der Waals surface area (Å²) in [5.41, 5.74) is 10.9. The molecule has 3 aliphatic carbocycles. The summed E-state index contributed by atoms with van der Waals surface area (Å²) in [4.78, 5) is 50.6. The molecule has 0 saturated heterocycles. The van der Waals surface area contributed by atoms with Gasteiger partial charge in [-0.15, -0.1) is 0 Å². The molecule has 6 aromatic heterocycles. The van der Waals surface area contributed by atoms with E-state index in [1.165, 1.54) is 162 Å². The van der Waals surface area contributed by atoms with E-state index >= 15 is 0 Å². The standard InChI is InChI=1S/C20H22NO.C14H18NO.C14H16NO.C12H15N2O3.C11H15ClNO.C8H8NOS.C7H6Cl2NO/c1-2-7-16(8-3-1)15-22-21-14-6-11-19-18-10-5-4-9-17(18)12-13-20(19)21;1-2-7-13(8-3-1)16-15-11-10-12-6-4-5-9-14(12)15;1-2-11-16-15-10-6-9-14(12-15)13-7-4-3-5-8-13;1-4-17-12(15)11-13(2)9-7-5-6-8-10(9)14(11)16-3;12-10-6-8-13(9-7-10)14-11-4-2-1-3-5-11;1-10-9-6-11-8-5-3-2-4-7(8)9;1-2-11-10-4-6(8)3-7(9)5-10/h4-6,9-14,16H,1-3,7-8,15H2;4-6,9,11,13H,1-3,7-8,10H2;3-10,12H,2,11H2,1H3;5-8H,4H2,1-3H3;6-9,11H,1-5H2;2-6H,1H3;2-5H,1H2/q7*+1.